The molecule has 1 aromatic rings. The molecular weight excluding hydrogens is 249 g/mol. The molecule has 4 nitrogen and oxygen atoms in total. The molecule has 0 spiro atoms. The minimum Gasteiger partial charge on any atom is -0.389 e. The Kier molecular flexibility index (Phi) is 6.62. The number of hydrogen-bond acceptors (Lipinski definition) is 4. The van der Waals surface area contributed by atoms with Crippen LogP contribution >= 0.6 is 0 Å². The molecule has 0 amide bonds. The molecule has 1 atom stereocenters. The number of ether oxygens (including phenoxy) is 1. The number of rotatable bonds is 8. The number of hydrogen-bond donors (Lipinski definition) is 1. The summed E-state index contributed by atoms with van der Waals surface area (Å²) in [5.74, 6) is -0.385. The number of likely N-dealkylation sites (N-methyl/N-ethyl adjacent to an activating group) is 1. The van der Waals surface area contributed by atoms with Gasteiger partial charge in [-0.05, 0) is 31.3 Å². The van der Waals surface area contributed by atoms with E-state index in [2.05, 4.69) is 0 Å². The van der Waals surface area contributed by atoms with E-state index in [1.807, 2.05) is 11.9 Å². The molecule has 0 heterocycles. The first-order valence-electron chi connectivity index (χ1n) is 6.17. The summed E-state index contributed by atoms with van der Waals surface area (Å²) in [6.07, 6.45) is -0.224. The molecule has 0 aromatic heterocycles. The van der Waals surface area contributed by atoms with E-state index in [1.54, 1.807) is 0 Å². The minimum atomic E-state index is -0.559. The summed E-state index contributed by atoms with van der Waals surface area (Å²) in [7, 11) is 3.36. The van der Waals surface area contributed by atoms with Gasteiger partial charge in [0.1, 0.15) is 5.82 Å². The number of carbonyl (C=O) groups is 1. The van der Waals surface area contributed by atoms with Crippen LogP contribution in [0.5, 0.6) is 0 Å². The monoisotopic (exact) mass is 269 g/mol. The maximum atomic E-state index is 12.7. The maximum absolute atomic E-state index is 12.7. The second-order valence-electron chi connectivity index (χ2n) is 4.55. The zero-order valence-electron chi connectivity index (χ0n) is 11.3. The van der Waals surface area contributed by atoms with Gasteiger partial charge in [0.05, 0.1) is 12.7 Å². The van der Waals surface area contributed by atoms with Crippen molar-refractivity contribution in [2.24, 2.45) is 0 Å². The number of nitrogens with zero attached hydrogens (tertiary/aromatic N) is 1. The van der Waals surface area contributed by atoms with Crippen LogP contribution in [0.15, 0.2) is 24.3 Å². The average molecular weight is 269 g/mol. The highest BCUT2D eigenvalue weighted by atomic mass is 19.1. The SMILES string of the molecule is COCC(O)CN(C)CCC(=O)c1ccc(F)cc1. The van der Waals surface area contributed by atoms with Crippen LogP contribution in [0.2, 0.25) is 0 Å². The lowest BCUT2D eigenvalue weighted by molar-refractivity contribution is 0.0428. The summed E-state index contributed by atoms with van der Waals surface area (Å²) in [4.78, 5) is 13.7. The van der Waals surface area contributed by atoms with E-state index in [4.69, 9.17) is 4.74 Å². The number of benzene rings is 1. The summed E-state index contributed by atoms with van der Waals surface area (Å²) in [6, 6.07) is 5.52. The Morgan fingerprint density at radius 1 is 1.42 bits per heavy atom. The van der Waals surface area contributed by atoms with Gasteiger partial charge in [0.2, 0.25) is 0 Å². The Bertz CT molecular complexity index is 394. The van der Waals surface area contributed by atoms with Crippen LogP contribution in [0.25, 0.3) is 0 Å². The number of ketones is 1. The first-order valence-corrected chi connectivity index (χ1v) is 6.17. The molecule has 106 valence electrons. The Balaban J connectivity index is 2.35. The van der Waals surface area contributed by atoms with Crippen molar-refractivity contribution in [3.8, 4) is 0 Å². The van der Waals surface area contributed by atoms with Crippen molar-refractivity contribution in [2.75, 3.05) is 33.9 Å². The smallest absolute Gasteiger partial charge is 0.164 e. The predicted octanol–water partition coefficient (Wildman–Crippen LogP) is 1.34. The molecule has 0 saturated carbocycles. The highest BCUT2D eigenvalue weighted by Gasteiger charge is 2.11. The van der Waals surface area contributed by atoms with Crippen molar-refractivity contribution in [1.29, 1.82) is 0 Å². The molecule has 0 aliphatic heterocycles. The Hall–Kier alpha value is -1.30. The van der Waals surface area contributed by atoms with Gasteiger partial charge >= 0.3 is 0 Å². The third-order valence-corrected chi connectivity index (χ3v) is 2.77. The number of methoxy groups -OCH3 is 1. The molecule has 0 aliphatic rings. The summed E-state index contributed by atoms with van der Waals surface area (Å²) in [6.45, 7) is 1.26. The van der Waals surface area contributed by atoms with Crippen LogP contribution in [0.1, 0.15) is 16.8 Å². The first-order chi connectivity index (χ1) is 9.02. The Labute approximate surface area is 112 Å². The van der Waals surface area contributed by atoms with Crippen molar-refractivity contribution in [3.05, 3.63) is 35.6 Å². The molecule has 0 fully saturated rings. The fourth-order valence-corrected chi connectivity index (χ4v) is 1.77. The lowest BCUT2D eigenvalue weighted by atomic mass is 10.1. The van der Waals surface area contributed by atoms with E-state index in [1.165, 1.54) is 31.4 Å². The molecule has 1 N–H and O–H groups in total. The van der Waals surface area contributed by atoms with Crippen molar-refractivity contribution in [2.45, 2.75) is 12.5 Å². The normalized spacial score (nSPS) is 12.7. The van der Waals surface area contributed by atoms with Crippen LogP contribution < -0.4 is 0 Å². The van der Waals surface area contributed by atoms with Crippen molar-refractivity contribution in [1.82, 2.24) is 4.90 Å². The predicted molar refractivity (Wildman–Crippen MR) is 70.7 cm³/mol. The summed E-state index contributed by atoms with van der Waals surface area (Å²) in [5, 5.41) is 9.54. The van der Waals surface area contributed by atoms with E-state index in [0.717, 1.165) is 0 Å². The topological polar surface area (TPSA) is 49.8 Å². The van der Waals surface area contributed by atoms with Gasteiger partial charge < -0.3 is 14.7 Å². The van der Waals surface area contributed by atoms with E-state index < -0.39 is 6.10 Å². The second-order valence-corrected chi connectivity index (χ2v) is 4.55. The van der Waals surface area contributed by atoms with E-state index in [9.17, 15) is 14.3 Å². The fourth-order valence-electron chi connectivity index (χ4n) is 1.77. The second kappa shape index (κ2) is 7.99. The molecular formula is C14H20FNO3. The maximum Gasteiger partial charge on any atom is 0.164 e. The standard InChI is InChI=1S/C14H20FNO3/c1-16(9-13(17)10-19-2)8-7-14(18)11-3-5-12(15)6-4-11/h3-6,13,17H,7-10H2,1-2H3. The number of aliphatic hydroxyl groups excluding tert-OH is 1. The van der Waals surface area contributed by atoms with E-state index in [-0.39, 0.29) is 18.2 Å². The molecule has 1 unspecified atom stereocenters. The third kappa shape index (κ3) is 5.92. The van der Waals surface area contributed by atoms with Gasteiger partial charge in [0.15, 0.2) is 5.78 Å². The van der Waals surface area contributed by atoms with Gasteiger partial charge in [0, 0.05) is 32.2 Å². The van der Waals surface area contributed by atoms with Gasteiger partial charge in [-0.15, -0.1) is 0 Å². The largest absolute Gasteiger partial charge is 0.389 e. The molecule has 0 radical (unpaired) electrons. The van der Waals surface area contributed by atoms with Crippen LogP contribution in [0.3, 0.4) is 0 Å². The number of carbonyl (C=O) groups excluding carboxylic acids is 1. The highest BCUT2D eigenvalue weighted by molar-refractivity contribution is 5.96. The Morgan fingerprint density at radius 2 is 2.05 bits per heavy atom. The molecule has 19 heavy (non-hydrogen) atoms. The van der Waals surface area contributed by atoms with Gasteiger partial charge in [-0.3, -0.25) is 4.79 Å². The van der Waals surface area contributed by atoms with Crippen LogP contribution in [-0.2, 0) is 4.74 Å². The lowest BCUT2D eigenvalue weighted by Crippen LogP contribution is -2.33. The van der Waals surface area contributed by atoms with Crippen LogP contribution in [0, 0.1) is 5.82 Å². The Morgan fingerprint density at radius 3 is 2.63 bits per heavy atom. The van der Waals surface area contributed by atoms with E-state index >= 15 is 0 Å². The van der Waals surface area contributed by atoms with Crippen molar-refractivity contribution in [3.63, 3.8) is 0 Å². The zero-order valence-corrected chi connectivity index (χ0v) is 11.3. The zero-order chi connectivity index (χ0) is 14.3. The first kappa shape index (κ1) is 15.8. The van der Waals surface area contributed by atoms with Gasteiger partial charge in [-0.2, -0.15) is 0 Å². The average Bonchev–Trinajstić information content (AvgIpc) is 2.37. The van der Waals surface area contributed by atoms with Crippen LogP contribution in [0.4, 0.5) is 4.39 Å². The van der Waals surface area contributed by atoms with Gasteiger partial charge in [0.25, 0.3) is 0 Å². The molecule has 0 saturated heterocycles. The minimum absolute atomic E-state index is 0.0342. The molecule has 1 rings (SSSR count). The molecule has 1 aromatic carbocycles. The fraction of sp³-hybridized carbons (Fsp3) is 0.500. The summed E-state index contributed by atoms with van der Waals surface area (Å²) in [5.41, 5.74) is 0.507. The van der Waals surface area contributed by atoms with Gasteiger partial charge in [-0.1, -0.05) is 0 Å². The van der Waals surface area contributed by atoms with Crippen molar-refractivity contribution < 1.29 is 19.0 Å². The highest BCUT2D eigenvalue weighted by Crippen LogP contribution is 2.06. The van der Waals surface area contributed by atoms with Crippen molar-refractivity contribution >= 4 is 5.78 Å². The molecule has 0 aliphatic carbocycles. The summed E-state index contributed by atoms with van der Waals surface area (Å²) < 4.78 is 17.6. The lowest BCUT2D eigenvalue weighted by Gasteiger charge is -2.19. The van der Waals surface area contributed by atoms with Gasteiger partial charge in [-0.25, -0.2) is 4.39 Å². The molecule has 0 bridgehead atoms. The third-order valence-electron chi connectivity index (χ3n) is 2.77. The quantitative estimate of drug-likeness (QED) is 0.724. The number of Topliss-reactive ketones (excluding diaryl/α,β-unsaturated/α-hetero) is 1. The number of halogens is 1. The van der Waals surface area contributed by atoms with E-state index in [0.29, 0.717) is 25.1 Å². The number of aliphatic hydroxyl groups is 1. The van der Waals surface area contributed by atoms with Crippen LogP contribution in [-0.4, -0.2) is 55.7 Å². The molecule has 5 heteroatoms. The summed E-state index contributed by atoms with van der Waals surface area (Å²) >= 11 is 0.